The molecule has 4 heteroatoms. The minimum atomic E-state index is -0.215. The molecular weight excluding hydrogens is 470 g/mol. The maximum Gasteiger partial charge on any atom is 0.410 e. The summed E-state index contributed by atoms with van der Waals surface area (Å²) in [6.45, 7) is 2.54. The molecule has 3 aromatic rings. The number of ketones is 1. The molecule has 2 aliphatic heterocycles. The van der Waals surface area contributed by atoms with E-state index in [1.165, 1.54) is 40.7 Å². The first-order chi connectivity index (χ1) is 18.6. The van der Waals surface area contributed by atoms with Crippen molar-refractivity contribution >= 4 is 11.9 Å². The predicted octanol–water partition coefficient (Wildman–Crippen LogP) is 7.79. The van der Waals surface area contributed by atoms with Crippen molar-refractivity contribution in [2.45, 2.75) is 76.3 Å². The number of ether oxygens (including phenoxy) is 1. The number of fused-ring (bicyclic) bond motifs is 5. The normalized spacial score (nSPS) is 22.0. The number of nitrogens with zero attached hydrogens (tertiary/aromatic N) is 1. The van der Waals surface area contributed by atoms with Crippen LogP contribution in [0.2, 0.25) is 0 Å². The van der Waals surface area contributed by atoms with E-state index in [-0.39, 0.29) is 35.8 Å². The number of hydrogen-bond donors (Lipinski definition) is 0. The van der Waals surface area contributed by atoms with E-state index in [0.29, 0.717) is 6.61 Å². The lowest BCUT2D eigenvalue weighted by atomic mass is 9.76. The second kappa shape index (κ2) is 10.8. The highest BCUT2D eigenvalue weighted by atomic mass is 16.6. The van der Waals surface area contributed by atoms with Gasteiger partial charge in [-0.2, -0.15) is 0 Å². The molecule has 1 aliphatic carbocycles. The lowest BCUT2D eigenvalue weighted by Crippen LogP contribution is -2.55. The van der Waals surface area contributed by atoms with Gasteiger partial charge in [0.15, 0.2) is 5.78 Å². The molecule has 0 radical (unpaired) electrons. The van der Waals surface area contributed by atoms with Gasteiger partial charge in [0.25, 0.3) is 0 Å². The minimum absolute atomic E-state index is 0.0237. The molecule has 2 fully saturated rings. The first-order valence-corrected chi connectivity index (χ1v) is 14.4. The first-order valence-electron chi connectivity index (χ1n) is 14.4. The summed E-state index contributed by atoms with van der Waals surface area (Å²) < 4.78 is 6.04. The third-order valence-corrected chi connectivity index (χ3v) is 8.95. The molecule has 38 heavy (non-hydrogen) atoms. The number of carbonyl (C=O) groups is 2. The Balaban J connectivity index is 1.12. The van der Waals surface area contributed by atoms with E-state index in [9.17, 15) is 9.59 Å². The van der Waals surface area contributed by atoms with Crippen LogP contribution in [0.3, 0.4) is 0 Å². The summed E-state index contributed by atoms with van der Waals surface area (Å²) in [6, 6.07) is 25.2. The van der Waals surface area contributed by atoms with Crippen molar-refractivity contribution in [2.24, 2.45) is 5.92 Å². The lowest BCUT2D eigenvalue weighted by Gasteiger charge is -2.47. The number of unbranched alkanes of at least 4 members (excludes halogenated alkanes) is 1. The van der Waals surface area contributed by atoms with Gasteiger partial charge in [0.1, 0.15) is 6.61 Å². The Morgan fingerprint density at radius 2 is 1.45 bits per heavy atom. The van der Waals surface area contributed by atoms with Gasteiger partial charge in [-0.05, 0) is 72.8 Å². The van der Waals surface area contributed by atoms with Crippen LogP contribution in [-0.2, 0) is 11.2 Å². The third kappa shape index (κ3) is 4.66. The predicted molar refractivity (Wildman–Crippen MR) is 150 cm³/mol. The largest absolute Gasteiger partial charge is 0.448 e. The molecule has 2 heterocycles. The highest BCUT2D eigenvalue weighted by Gasteiger charge is 2.44. The van der Waals surface area contributed by atoms with Crippen LogP contribution in [0.1, 0.15) is 84.8 Å². The molecule has 0 N–H and O–H groups in total. The quantitative estimate of drug-likeness (QED) is 0.307. The molecule has 0 saturated carbocycles. The number of Topliss-reactive ketones (excluding diaryl/α,β-unsaturated/α-hetero) is 1. The Morgan fingerprint density at radius 1 is 0.842 bits per heavy atom. The molecule has 0 spiro atoms. The summed E-state index contributed by atoms with van der Waals surface area (Å²) in [5.41, 5.74) is 7.03. The zero-order valence-corrected chi connectivity index (χ0v) is 22.3. The van der Waals surface area contributed by atoms with Crippen LogP contribution >= 0.6 is 0 Å². The van der Waals surface area contributed by atoms with Gasteiger partial charge in [0.05, 0.1) is 0 Å². The van der Waals surface area contributed by atoms with Crippen molar-refractivity contribution in [3.05, 3.63) is 95.1 Å². The zero-order valence-electron chi connectivity index (χ0n) is 22.3. The van der Waals surface area contributed by atoms with E-state index in [2.05, 4.69) is 67.6 Å². The zero-order chi connectivity index (χ0) is 26.1. The van der Waals surface area contributed by atoms with Gasteiger partial charge in [0.2, 0.25) is 0 Å². The number of benzene rings is 3. The topological polar surface area (TPSA) is 46.6 Å². The summed E-state index contributed by atoms with van der Waals surface area (Å²) in [6.07, 6.45) is 7.65. The summed E-state index contributed by atoms with van der Waals surface area (Å²) in [5, 5.41) is 0. The number of carbonyl (C=O) groups excluding carboxylic acids is 2. The molecule has 2 saturated heterocycles. The molecular formula is C34H37NO3. The second-order valence-electron chi connectivity index (χ2n) is 11.3. The summed E-state index contributed by atoms with van der Waals surface area (Å²) in [5.74, 6) is 0.270. The van der Waals surface area contributed by atoms with Gasteiger partial charge >= 0.3 is 6.09 Å². The van der Waals surface area contributed by atoms with Crippen molar-refractivity contribution in [1.82, 2.24) is 4.90 Å². The number of rotatable bonds is 7. The Morgan fingerprint density at radius 3 is 2.05 bits per heavy atom. The van der Waals surface area contributed by atoms with Gasteiger partial charge in [-0.25, -0.2) is 4.79 Å². The number of piperidine rings is 2. The fourth-order valence-electron chi connectivity index (χ4n) is 7.01. The Hall–Kier alpha value is -3.40. The molecule has 2 unspecified atom stereocenters. The van der Waals surface area contributed by atoms with Crippen LogP contribution in [0.4, 0.5) is 4.79 Å². The smallest absolute Gasteiger partial charge is 0.410 e. The van der Waals surface area contributed by atoms with Crippen LogP contribution in [-0.4, -0.2) is 35.5 Å². The molecule has 2 atom stereocenters. The van der Waals surface area contributed by atoms with Crippen molar-refractivity contribution in [2.75, 3.05) is 6.61 Å². The maximum atomic E-state index is 13.5. The molecule has 6 rings (SSSR count). The van der Waals surface area contributed by atoms with Crippen LogP contribution in [0.25, 0.3) is 11.1 Å². The standard InChI is InChI=1S/C34H37NO3/c1-2-3-9-23-16-18-24(19-17-23)33(36)25-20-26-10-8-11-27(21-25)35(26)34(37)38-22-32-30-14-6-4-12-28(30)29-13-5-7-15-31(29)32/h4-7,12-19,25-27,32H,2-3,8-11,20-22H2,1H3. The van der Waals surface area contributed by atoms with Crippen molar-refractivity contribution in [1.29, 1.82) is 0 Å². The molecule has 3 aliphatic rings. The molecule has 196 valence electrons. The van der Waals surface area contributed by atoms with Crippen LogP contribution < -0.4 is 0 Å². The molecule has 4 nitrogen and oxygen atoms in total. The van der Waals surface area contributed by atoms with E-state index < -0.39 is 0 Å². The second-order valence-corrected chi connectivity index (χ2v) is 11.3. The van der Waals surface area contributed by atoms with E-state index in [0.717, 1.165) is 44.1 Å². The van der Waals surface area contributed by atoms with Gasteiger partial charge < -0.3 is 9.64 Å². The summed E-state index contributed by atoms with van der Waals surface area (Å²) >= 11 is 0. The van der Waals surface area contributed by atoms with Crippen LogP contribution in [0.5, 0.6) is 0 Å². The van der Waals surface area contributed by atoms with E-state index in [1.807, 2.05) is 17.0 Å². The highest BCUT2D eigenvalue weighted by molar-refractivity contribution is 5.98. The number of hydrogen-bond acceptors (Lipinski definition) is 3. The molecule has 2 bridgehead atoms. The molecule has 1 amide bonds. The van der Waals surface area contributed by atoms with Crippen LogP contribution in [0.15, 0.2) is 72.8 Å². The Labute approximate surface area is 226 Å². The van der Waals surface area contributed by atoms with Gasteiger partial charge in [-0.15, -0.1) is 0 Å². The average Bonchev–Trinajstić information content (AvgIpc) is 3.27. The van der Waals surface area contributed by atoms with Gasteiger partial charge in [0, 0.05) is 29.5 Å². The first kappa shape index (κ1) is 24.9. The molecule has 0 aromatic heterocycles. The Bertz CT molecular complexity index is 1250. The van der Waals surface area contributed by atoms with Crippen LogP contribution in [0, 0.1) is 5.92 Å². The van der Waals surface area contributed by atoms with Crippen molar-refractivity contribution < 1.29 is 14.3 Å². The maximum absolute atomic E-state index is 13.5. The van der Waals surface area contributed by atoms with Gasteiger partial charge in [-0.3, -0.25) is 4.79 Å². The number of amides is 1. The van der Waals surface area contributed by atoms with Crippen molar-refractivity contribution in [3.63, 3.8) is 0 Å². The van der Waals surface area contributed by atoms with E-state index in [1.54, 1.807) is 0 Å². The number of aryl methyl sites for hydroxylation is 1. The molecule has 3 aromatic carbocycles. The van der Waals surface area contributed by atoms with E-state index in [4.69, 9.17) is 4.74 Å². The highest BCUT2D eigenvalue weighted by Crippen LogP contribution is 2.45. The van der Waals surface area contributed by atoms with Gasteiger partial charge in [-0.1, -0.05) is 86.1 Å². The summed E-state index contributed by atoms with van der Waals surface area (Å²) in [7, 11) is 0. The minimum Gasteiger partial charge on any atom is -0.448 e. The average molecular weight is 508 g/mol. The third-order valence-electron chi connectivity index (χ3n) is 8.95. The SMILES string of the molecule is CCCCc1ccc(C(=O)C2CC3CCCC(C2)N3C(=O)OCC2c3ccccc3-c3ccccc32)cc1. The fraction of sp³-hybridized carbons (Fsp3) is 0.412. The monoisotopic (exact) mass is 507 g/mol. The van der Waals surface area contributed by atoms with E-state index >= 15 is 0 Å². The summed E-state index contributed by atoms with van der Waals surface area (Å²) in [4.78, 5) is 28.9. The fourth-order valence-corrected chi connectivity index (χ4v) is 7.01. The Kier molecular flexibility index (Phi) is 7.06. The lowest BCUT2D eigenvalue weighted by molar-refractivity contribution is 0.00651. The van der Waals surface area contributed by atoms with Crippen molar-refractivity contribution in [3.8, 4) is 11.1 Å².